The summed E-state index contributed by atoms with van der Waals surface area (Å²) in [5.41, 5.74) is 0. The SMILES string of the molecule is CC(C)=O.CCOC(C)=O.CO.N. The molecule has 13 heavy (non-hydrogen) atoms. The summed E-state index contributed by atoms with van der Waals surface area (Å²) in [7, 11) is 1.00. The van der Waals surface area contributed by atoms with Gasteiger partial charge < -0.3 is 20.8 Å². The molecule has 0 bridgehead atoms. The van der Waals surface area contributed by atoms with Gasteiger partial charge in [0.05, 0.1) is 6.61 Å². The fraction of sp³-hybridized carbons (Fsp3) is 0.750. The first-order valence-corrected chi connectivity index (χ1v) is 3.56. The summed E-state index contributed by atoms with van der Waals surface area (Å²) in [6, 6.07) is 0. The van der Waals surface area contributed by atoms with E-state index in [-0.39, 0.29) is 17.9 Å². The van der Waals surface area contributed by atoms with Gasteiger partial charge in [-0.25, -0.2) is 0 Å². The standard InChI is InChI=1S/C4H8O2.C3H6O.CH4O.H3N/c1-3-6-4(2)5;1-3(2)4;1-2;/h3H2,1-2H3;1-2H3;2H,1H3;1H3. The Morgan fingerprint density at radius 1 is 1.15 bits per heavy atom. The summed E-state index contributed by atoms with van der Waals surface area (Å²) < 4.78 is 4.40. The average Bonchev–Trinajstić information content (AvgIpc) is 1.90. The van der Waals surface area contributed by atoms with E-state index in [0.29, 0.717) is 6.61 Å². The van der Waals surface area contributed by atoms with Gasteiger partial charge in [-0.3, -0.25) is 4.79 Å². The van der Waals surface area contributed by atoms with Gasteiger partial charge >= 0.3 is 5.97 Å². The topological polar surface area (TPSA) is 98.6 Å². The minimum atomic E-state index is -0.211. The fourth-order valence-electron chi connectivity index (χ4n) is 0.203. The van der Waals surface area contributed by atoms with Crippen molar-refractivity contribution in [2.45, 2.75) is 27.7 Å². The summed E-state index contributed by atoms with van der Waals surface area (Å²) in [6.45, 7) is 6.71. The van der Waals surface area contributed by atoms with Crippen molar-refractivity contribution in [3.05, 3.63) is 0 Å². The van der Waals surface area contributed by atoms with E-state index in [1.54, 1.807) is 6.92 Å². The number of hydrogen-bond acceptors (Lipinski definition) is 5. The molecule has 0 aliphatic rings. The zero-order valence-electron chi connectivity index (χ0n) is 9.09. The molecule has 0 atom stereocenters. The first kappa shape index (κ1) is 22.7. The van der Waals surface area contributed by atoms with Gasteiger partial charge in [-0.2, -0.15) is 0 Å². The van der Waals surface area contributed by atoms with E-state index in [2.05, 4.69) is 4.74 Å². The molecule has 0 amide bonds. The van der Waals surface area contributed by atoms with Crippen molar-refractivity contribution in [1.82, 2.24) is 6.15 Å². The third-order valence-corrected chi connectivity index (χ3v) is 0.348. The average molecular weight is 195 g/mol. The molecule has 0 fully saturated rings. The number of esters is 1. The lowest BCUT2D eigenvalue weighted by Gasteiger charge is -1.89. The Morgan fingerprint density at radius 3 is 1.38 bits per heavy atom. The molecule has 0 heterocycles. The molecule has 0 radical (unpaired) electrons. The maximum absolute atomic E-state index is 9.82. The molecule has 0 aromatic carbocycles. The number of carbonyl (C=O) groups excluding carboxylic acids is 2. The second kappa shape index (κ2) is 22.5. The zero-order chi connectivity index (χ0) is 10.6. The van der Waals surface area contributed by atoms with Crippen molar-refractivity contribution in [3.63, 3.8) is 0 Å². The zero-order valence-corrected chi connectivity index (χ0v) is 9.09. The number of carbonyl (C=O) groups is 2. The van der Waals surface area contributed by atoms with Gasteiger partial charge in [0.15, 0.2) is 0 Å². The lowest BCUT2D eigenvalue weighted by molar-refractivity contribution is -0.140. The molecule has 82 valence electrons. The van der Waals surface area contributed by atoms with Crippen LogP contribution in [-0.2, 0) is 14.3 Å². The predicted octanol–water partition coefficient (Wildman–Crippen LogP) is 0.935. The van der Waals surface area contributed by atoms with Gasteiger partial charge in [0.1, 0.15) is 5.78 Å². The molecule has 0 rings (SSSR count). The predicted molar refractivity (Wildman–Crippen MR) is 51.8 cm³/mol. The second-order valence-corrected chi connectivity index (χ2v) is 1.83. The van der Waals surface area contributed by atoms with Crippen LogP contribution in [0.25, 0.3) is 0 Å². The number of ether oxygens (including phenoxy) is 1. The van der Waals surface area contributed by atoms with Crippen molar-refractivity contribution in [2.24, 2.45) is 0 Å². The molecule has 0 aromatic rings. The van der Waals surface area contributed by atoms with Crippen LogP contribution in [0.4, 0.5) is 0 Å². The molecule has 0 aliphatic heterocycles. The Bertz CT molecular complexity index is 111. The summed E-state index contributed by atoms with van der Waals surface area (Å²) in [5.74, 6) is -0.0440. The van der Waals surface area contributed by atoms with Gasteiger partial charge in [-0.15, -0.1) is 0 Å². The lowest BCUT2D eigenvalue weighted by Crippen LogP contribution is -1.95. The Hall–Kier alpha value is -0.940. The van der Waals surface area contributed by atoms with Gasteiger partial charge in [-0.1, -0.05) is 0 Å². The number of ketones is 1. The van der Waals surface area contributed by atoms with Crippen molar-refractivity contribution < 1.29 is 19.4 Å². The van der Waals surface area contributed by atoms with Crippen LogP contribution in [0.15, 0.2) is 0 Å². The van der Waals surface area contributed by atoms with E-state index in [4.69, 9.17) is 5.11 Å². The van der Waals surface area contributed by atoms with E-state index in [0.717, 1.165) is 7.11 Å². The molecule has 0 aliphatic carbocycles. The third kappa shape index (κ3) is 214. The number of hydrogen-bond donors (Lipinski definition) is 2. The van der Waals surface area contributed by atoms with Crippen LogP contribution in [0.3, 0.4) is 0 Å². The third-order valence-electron chi connectivity index (χ3n) is 0.348. The van der Waals surface area contributed by atoms with E-state index in [1.807, 2.05) is 0 Å². The number of aliphatic hydroxyl groups excluding tert-OH is 1. The summed E-state index contributed by atoms with van der Waals surface area (Å²) in [4.78, 5) is 19.3. The normalized spacial score (nSPS) is 6.00. The molecule has 0 saturated carbocycles. The Labute approximate surface area is 79.7 Å². The van der Waals surface area contributed by atoms with Crippen molar-refractivity contribution in [1.29, 1.82) is 0 Å². The van der Waals surface area contributed by atoms with Gasteiger partial charge in [0.25, 0.3) is 0 Å². The lowest BCUT2D eigenvalue weighted by atomic mass is 10.6. The van der Waals surface area contributed by atoms with Crippen LogP contribution in [0, 0.1) is 0 Å². The molecule has 5 nitrogen and oxygen atoms in total. The number of aliphatic hydroxyl groups is 1. The summed E-state index contributed by atoms with van der Waals surface area (Å²) in [5, 5.41) is 7.00. The summed E-state index contributed by atoms with van der Waals surface area (Å²) >= 11 is 0. The molecule has 4 N–H and O–H groups in total. The van der Waals surface area contributed by atoms with Crippen molar-refractivity contribution in [2.75, 3.05) is 13.7 Å². The Kier molecular flexibility index (Phi) is 39.2. The van der Waals surface area contributed by atoms with Crippen LogP contribution < -0.4 is 6.15 Å². The first-order chi connectivity index (χ1) is 5.50. The molecular weight excluding hydrogens is 174 g/mol. The van der Waals surface area contributed by atoms with Gasteiger partial charge in [0.2, 0.25) is 0 Å². The number of Topliss-reactive ketones (excluding diaryl/α,β-unsaturated/α-hetero) is 1. The monoisotopic (exact) mass is 195 g/mol. The Balaban J connectivity index is -0.0000000512. The van der Waals surface area contributed by atoms with E-state index >= 15 is 0 Å². The minimum absolute atomic E-state index is 0. The van der Waals surface area contributed by atoms with Crippen LogP contribution in [-0.4, -0.2) is 30.6 Å². The highest BCUT2D eigenvalue weighted by molar-refractivity contribution is 5.72. The Morgan fingerprint density at radius 2 is 1.38 bits per heavy atom. The fourth-order valence-corrected chi connectivity index (χ4v) is 0.203. The first-order valence-electron chi connectivity index (χ1n) is 3.56. The highest BCUT2D eigenvalue weighted by Gasteiger charge is 1.81. The molecule has 0 unspecified atom stereocenters. The second-order valence-electron chi connectivity index (χ2n) is 1.83. The van der Waals surface area contributed by atoms with Gasteiger partial charge in [0, 0.05) is 14.0 Å². The quantitative estimate of drug-likeness (QED) is 0.606. The van der Waals surface area contributed by atoms with Crippen molar-refractivity contribution >= 4 is 11.8 Å². The van der Waals surface area contributed by atoms with Crippen LogP contribution in [0.5, 0.6) is 0 Å². The minimum Gasteiger partial charge on any atom is -0.466 e. The van der Waals surface area contributed by atoms with E-state index in [1.165, 1.54) is 20.8 Å². The van der Waals surface area contributed by atoms with Crippen molar-refractivity contribution in [3.8, 4) is 0 Å². The highest BCUT2D eigenvalue weighted by Crippen LogP contribution is 1.69. The maximum atomic E-state index is 9.82. The van der Waals surface area contributed by atoms with Gasteiger partial charge in [-0.05, 0) is 20.8 Å². The van der Waals surface area contributed by atoms with Crippen LogP contribution in [0.2, 0.25) is 0 Å². The molecule has 0 aromatic heterocycles. The molecule has 0 spiro atoms. The van der Waals surface area contributed by atoms with E-state index < -0.39 is 0 Å². The molecule has 5 heteroatoms. The highest BCUT2D eigenvalue weighted by atomic mass is 16.5. The largest absolute Gasteiger partial charge is 0.466 e. The number of rotatable bonds is 1. The maximum Gasteiger partial charge on any atom is 0.302 e. The smallest absolute Gasteiger partial charge is 0.302 e. The molecule has 0 saturated heterocycles. The molecular formula is C8H21NO4. The van der Waals surface area contributed by atoms with E-state index in [9.17, 15) is 9.59 Å². The van der Waals surface area contributed by atoms with Crippen LogP contribution in [0.1, 0.15) is 27.7 Å². The summed E-state index contributed by atoms with van der Waals surface area (Å²) in [6.07, 6.45) is 0. The van der Waals surface area contributed by atoms with Crippen LogP contribution >= 0.6 is 0 Å².